The molecule has 2 aliphatic carbocycles. The van der Waals surface area contributed by atoms with Gasteiger partial charge in [0.25, 0.3) is 0 Å². The molecule has 0 bridgehead atoms. The molecule has 0 amide bonds. The van der Waals surface area contributed by atoms with Crippen molar-refractivity contribution in [2.75, 3.05) is 0 Å². The summed E-state index contributed by atoms with van der Waals surface area (Å²) < 4.78 is 0.413. The summed E-state index contributed by atoms with van der Waals surface area (Å²) in [4.78, 5) is 0. The Morgan fingerprint density at radius 1 is 1.00 bits per heavy atom. The van der Waals surface area contributed by atoms with Crippen LogP contribution < -0.4 is 0 Å². The second-order valence-corrected chi connectivity index (χ2v) is 8.81. The van der Waals surface area contributed by atoms with Gasteiger partial charge in [-0.1, -0.05) is 91.7 Å². The van der Waals surface area contributed by atoms with Gasteiger partial charge in [0, 0.05) is 0 Å². The zero-order valence-corrected chi connectivity index (χ0v) is 15.6. The lowest BCUT2D eigenvalue weighted by Gasteiger charge is -2.11. The Balaban J connectivity index is 1.63. The summed E-state index contributed by atoms with van der Waals surface area (Å²) in [6.45, 7) is 4.69. The molecule has 4 rings (SSSR count). The highest BCUT2D eigenvalue weighted by molar-refractivity contribution is 6.55. The molecule has 0 aliphatic heterocycles. The monoisotopic (exact) mass is 356 g/mol. The molecule has 2 aliphatic rings. The Hall–Kier alpha value is -1.24. The predicted octanol–water partition coefficient (Wildman–Crippen LogP) is 6.66. The summed E-state index contributed by atoms with van der Waals surface area (Å²) in [5, 5.41) is 0. The molecule has 2 heteroatoms. The fraction of sp³-hybridized carbons (Fsp3) is 0.364. The van der Waals surface area contributed by atoms with Crippen LogP contribution in [0.15, 0.2) is 59.1 Å². The summed E-state index contributed by atoms with van der Waals surface area (Å²) in [7, 11) is 0. The van der Waals surface area contributed by atoms with Crippen molar-refractivity contribution in [2.45, 2.75) is 26.7 Å². The van der Waals surface area contributed by atoms with Gasteiger partial charge in [-0.25, -0.2) is 0 Å². The highest BCUT2D eigenvalue weighted by Crippen LogP contribution is 2.65. The summed E-state index contributed by atoms with van der Waals surface area (Å²) in [6.07, 6.45) is 4.39. The van der Waals surface area contributed by atoms with Crippen LogP contribution in [0.5, 0.6) is 0 Å². The van der Waals surface area contributed by atoms with Crippen molar-refractivity contribution in [2.24, 2.45) is 23.2 Å². The molecule has 0 nitrogen and oxygen atoms in total. The maximum Gasteiger partial charge on any atom is 0.103 e. The maximum atomic E-state index is 5.93. The highest BCUT2D eigenvalue weighted by Gasteiger charge is 2.60. The summed E-state index contributed by atoms with van der Waals surface area (Å²) in [5.74, 6) is 1.86. The molecule has 1 saturated carbocycles. The molecule has 0 aromatic heterocycles. The fourth-order valence-corrected chi connectivity index (χ4v) is 5.17. The Morgan fingerprint density at radius 3 is 2.46 bits per heavy atom. The molecule has 1 fully saturated rings. The van der Waals surface area contributed by atoms with Gasteiger partial charge in [-0.15, -0.1) is 0 Å². The van der Waals surface area contributed by atoms with Crippen LogP contribution in [-0.4, -0.2) is 0 Å². The molecular weight excluding hydrogens is 335 g/mol. The third kappa shape index (κ3) is 2.70. The molecule has 0 spiro atoms. The van der Waals surface area contributed by atoms with E-state index in [2.05, 4.69) is 68.5 Å². The average Bonchev–Trinajstić information content (AvgIpc) is 2.91. The summed E-state index contributed by atoms with van der Waals surface area (Å²) >= 11 is 11.9. The Morgan fingerprint density at radius 2 is 1.75 bits per heavy atom. The van der Waals surface area contributed by atoms with Crippen molar-refractivity contribution < 1.29 is 0 Å². The number of hydrogen-bond acceptors (Lipinski definition) is 0. The lowest BCUT2D eigenvalue weighted by Crippen LogP contribution is -2.07. The van der Waals surface area contributed by atoms with Gasteiger partial charge in [0.05, 0.1) is 0 Å². The lowest BCUT2D eigenvalue weighted by atomic mass is 9.93. The largest absolute Gasteiger partial charge is 0.103 e. The van der Waals surface area contributed by atoms with Crippen molar-refractivity contribution in [1.82, 2.24) is 0 Å². The minimum Gasteiger partial charge on any atom is -0.0712 e. The van der Waals surface area contributed by atoms with E-state index in [0.29, 0.717) is 27.7 Å². The Bertz CT molecular complexity index is 785. The Labute approximate surface area is 154 Å². The SMILES string of the molecule is CC1(C)[C@H](C2Cc3cccc(-c4ccccc4)c3C2)[C@@H]1C=C(Cl)Cl. The van der Waals surface area contributed by atoms with E-state index in [1.165, 1.54) is 35.1 Å². The van der Waals surface area contributed by atoms with Crippen LogP contribution in [0.1, 0.15) is 25.0 Å². The number of allylic oxidation sites excluding steroid dienone is 1. The van der Waals surface area contributed by atoms with E-state index in [1.54, 1.807) is 0 Å². The third-order valence-corrected chi connectivity index (χ3v) is 6.37. The number of fused-ring (bicyclic) bond motifs is 1. The van der Waals surface area contributed by atoms with Crippen LogP contribution in [0.2, 0.25) is 0 Å². The summed E-state index contributed by atoms with van der Waals surface area (Å²) in [6, 6.07) is 17.5. The molecule has 2 aromatic rings. The molecule has 0 saturated heterocycles. The second kappa shape index (κ2) is 5.93. The molecule has 2 aromatic carbocycles. The van der Waals surface area contributed by atoms with Crippen LogP contribution in [0.4, 0.5) is 0 Å². The van der Waals surface area contributed by atoms with Crippen LogP contribution >= 0.6 is 23.2 Å². The molecule has 1 unspecified atom stereocenters. The van der Waals surface area contributed by atoms with E-state index in [1.807, 2.05) is 0 Å². The first kappa shape index (κ1) is 16.2. The van der Waals surface area contributed by atoms with Crippen molar-refractivity contribution in [3.63, 3.8) is 0 Å². The van der Waals surface area contributed by atoms with Crippen molar-refractivity contribution in [1.29, 1.82) is 0 Å². The number of rotatable bonds is 3. The molecule has 124 valence electrons. The lowest BCUT2D eigenvalue weighted by molar-refractivity contribution is 0.408. The van der Waals surface area contributed by atoms with Crippen LogP contribution in [0, 0.1) is 23.2 Å². The molecule has 0 N–H and O–H groups in total. The number of benzene rings is 2. The molecule has 3 atom stereocenters. The fourth-order valence-electron chi connectivity index (χ4n) is 4.90. The van der Waals surface area contributed by atoms with Gasteiger partial charge in [-0.05, 0) is 58.3 Å². The summed E-state index contributed by atoms with van der Waals surface area (Å²) in [5.41, 5.74) is 6.08. The number of hydrogen-bond donors (Lipinski definition) is 0. The minimum absolute atomic E-state index is 0.300. The highest BCUT2D eigenvalue weighted by atomic mass is 35.5. The topological polar surface area (TPSA) is 0 Å². The van der Waals surface area contributed by atoms with E-state index in [4.69, 9.17) is 23.2 Å². The standard InChI is InChI=1S/C22H22Cl2/c1-22(2)19(13-20(23)24)21(22)16-11-15-9-6-10-17(18(15)12-16)14-7-4-3-5-8-14/h3-10,13,16,19,21H,11-12H2,1-2H3/t16?,19-,21+/m0/s1. The zero-order valence-electron chi connectivity index (χ0n) is 14.1. The zero-order chi connectivity index (χ0) is 16.9. The van der Waals surface area contributed by atoms with Crippen molar-refractivity contribution in [3.8, 4) is 11.1 Å². The molecule has 0 heterocycles. The second-order valence-electron chi connectivity index (χ2n) is 7.81. The van der Waals surface area contributed by atoms with E-state index >= 15 is 0 Å². The maximum absolute atomic E-state index is 5.93. The quantitative estimate of drug-likeness (QED) is 0.576. The number of halogens is 2. The molecular formula is C22H22Cl2. The van der Waals surface area contributed by atoms with E-state index in [0.717, 1.165) is 0 Å². The van der Waals surface area contributed by atoms with Crippen molar-refractivity contribution >= 4 is 23.2 Å². The first-order chi connectivity index (χ1) is 11.5. The van der Waals surface area contributed by atoms with Crippen LogP contribution in [0.3, 0.4) is 0 Å². The van der Waals surface area contributed by atoms with Crippen LogP contribution in [-0.2, 0) is 12.8 Å². The van der Waals surface area contributed by atoms with Gasteiger partial charge in [-0.2, -0.15) is 0 Å². The normalized spacial score (nSPS) is 26.8. The average molecular weight is 357 g/mol. The van der Waals surface area contributed by atoms with Gasteiger partial charge in [0.2, 0.25) is 0 Å². The van der Waals surface area contributed by atoms with Gasteiger partial charge >= 0.3 is 0 Å². The van der Waals surface area contributed by atoms with Crippen LogP contribution in [0.25, 0.3) is 11.1 Å². The predicted molar refractivity (Wildman–Crippen MR) is 103 cm³/mol. The first-order valence-electron chi connectivity index (χ1n) is 8.67. The molecule has 24 heavy (non-hydrogen) atoms. The minimum atomic E-state index is 0.300. The van der Waals surface area contributed by atoms with Gasteiger partial charge < -0.3 is 0 Å². The van der Waals surface area contributed by atoms with E-state index in [9.17, 15) is 0 Å². The van der Waals surface area contributed by atoms with Crippen molar-refractivity contribution in [3.05, 3.63) is 70.2 Å². The first-order valence-corrected chi connectivity index (χ1v) is 9.43. The van der Waals surface area contributed by atoms with E-state index < -0.39 is 0 Å². The molecule has 0 radical (unpaired) electrons. The Kier molecular flexibility index (Phi) is 4.01. The van der Waals surface area contributed by atoms with Gasteiger partial charge in [0.15, 0.2) is 0 Å². The van der Waals surface area contributed by atoms with Gasteiger partial charge in [-0.3, -0.25) is 0 Å². The smallest absolute Gasteiger partial charge is 0.0712 e. The van der Waals surface area contributed by atoms with Gasteiger partial charge in [0.1, 0.15) is 4.49 Å². The van der Waals surface area contributed by atoms with E-state index in [-0.39, 0.29) is 0 Å². The third-order valence-electron chi connectivity index (χ3n) is 6.12.